The van der Waals surface area contributed by atoms with Gasteiger partial charge in [-0.25, -0.2) is 0 Å². The fourth-order valence-corrected chi connectivity index (χ4v) is 3.21. The van der Waals surface area contributed by atoms with Crippen molar-refractivity contribution in [3.8, 4) is 11.8 Å². The van der Waals surface area contributed by atoms with Crippen LogP contribution in [-0.2, 0) is 14.3 Å². The summed E-state index contributed by atoms with van der Waals surface area (Å²) >= 11 is 5.69. The lowest BCUT2D eigenvalue weighted by Gasteiger charge is -2.34. The highest BCUT2D eigenvalue weighted by Gasteiger charge is 2.50. The van der Waals surface area contributed by atoms with Gasteiger partial charge in [0.25, 0.3) is 0 Å². The van der Waals surface area contributed by atoms with E-state index in [4.69, 9.17) is 25.8 Å². The second-order valence-electron chi connectivity index (χ2n) is 7.62. The number of halogens is 1. The molecule has 4 atom stereocenters. The monoisotopic (exact) mass is 378 g/mol. The number of nitrogens with one attached hydrogen (secondary N) is 1. The fourth-order valence-electron chi connectivity index (χ4n) is 3.08. The topological polar surface area (TPSA) is 80.6 Å². The first-order valence-corrected chi connectivity index (χ1v) is 9.24. The van der Waals surface area contributed by atoms with Gasteiger partial charge < -0.3 is 19.5 Å². The van der Waals surface area contributed by atoms with Crippen molar-refractivity contribution < 1.29 is 19.0 Å². The van der Waals surface area contributed by atoms with E-state index in [1.807, 2.05) is 20.8 Å². The summed E-state index contributed by atoms with van der Waals surface area (Å²) in [7, 11) is 0. The van der Waals surface area contributed by atoms with Crippen molar-refractivity contribution in [3.05, 3.63) is 29.3 Å². The van der Waals surface area contributed by atoms with E-state index in [9.17, 15) is 10.1 Å². The van der Waals surface area contributed by atoms with Crippen molar-refractivity contribution in [2.45, 2.75) is 58.3 Å². The van der Waals surface area contributed by atoms with Crippen molar-refractivity contribution >= 4 is 17.5 Å². The van der Waals surface area contributed by atoms with E-state index in [0.29, 0.717) is 30.0 Å². The first-order valence-electron chi connectivity index (χ1n) is 8.70. The Kier molecular flexibility index (Phi) is 5.42. The number of nitrogens with zero attached hydrogens (tertiary/aromatic N) is 1. The number of ether oxygens (including phenoxy) is 3. The van der Waals surface area contributed by atoms with Crippen molar-refractivity contribution in [2.75, 3.05) is 5.88 Å². The minimum atomic E-state index is -0.613. The zero-order valence-electron chi connectivity index (χ0n) is 15.1. The molecule has 0 radical (unpaired) electrons. The molecule has 1 amide bonds. The molecular formula is C19H23ClN2O4. The summed E-state index contributed by atoms with van der Waals surface area (Å²) in [5.74, 6) is 0.896. The molecule has 0 saturated carbocycles. The molecule has 1 N–H and O–H groups in total. The molecule has 140 valence electrons. The molecule has 2 aliphatic heterocycles. The Labute approximate surface area is 158 Å². The summed E-state index contributed by atoms with van der Waals surface area (Å²) in [6, 6.07) is 6.81. The zero-order chi connectivity index (χ0) is 18.9. The third-order valence-electron chi connectivity index (χ3n) is 4.41. The van der Waals surface area contributed by atoms with Crippen LogP contribution in [0.1, 0.15) is 50.8 Å². The molecule has 2 heterocycles. The molecule has 2 aliphatic rings. The number of carbonyl (C=O) groups is 1. The summed E-state index contributed by atoms with van der Waals surface area (Å²) in [5, 5.41) is 12.2. The molecule has 7 heteroatoms. The summed E-state index contributed by atoms with van der Waals surface area (Å²) in [6.45, 7) is 6.05. The van der Waals surface area contributed by atoms with Gasteiger partial charge in [0.2, 0.25) is 12.2 Å². The molecule has 1 fully saturated rings. The minimum absolute atomic E-state index is 0.118. The van der Waals surface area contributed by atoms with Crippen molar-refractivity contribution in [3.63, 3.8) is 0 Å². The Morgan fingerprint density at radius 3 is 2.77 bits per heavy atom. The molecule has 6 nitrogen and oxygen atoms in total. The van der Waals surface area contributed by atoms with Crippen molar-refractivity contribution in [1.29, 1.82) is 5.26 Å². The van der Waals surface area contributed by atoms with Crippen molar-refractivity contribution in [1.82, 2.24) is 5.32 Å². The average Bonchev–Trinajstić information content (AvgIpc) is 3.03. The summed E-state index contributed by atoms with van der Waals surface area (Å²) < 4.78 is 18.0. The number of rotatable bonds is 4. The average molecular weight is 379 g/mol. The Morgan fingerprint density at radius 2 is 2.12 bits per heavy atom. The molecule has 1 aromatic rings. The lowest BCUT2D eigenvalue weighted by atomic mass is 9.94. The van der Waals surface area contributed by atoms with Crippen LogP contribution in [0, 0.1) is 16.7 Å². The predicted molar refractivity (Wildman–Crippen MR) is 95.6 cm³/mol. The molecule has 4 unspecified atom stereocenters. The molecular weight excluding hydrogens is 356 g/mol. The molecule has 1 saturated heterocycles. The van der Waals surface area contributed by atoms with Crippen LogP contribution in [0.3, 0.4) is 0 Å². The van der Waals surface area contributed by atoms with Gasteiger partial charge in [-0.3, -0.25) is 4.79 Å². The second-order valence-corrected chi connectivity index (χ2v) is 8.00. The summed E-state index contributed by atoms with van der Waals surface area (Å²) in [6.07, 6.45) is -0.629. The maximum absolute atomic E-state index is 12.3. The number of benzene rings is 1. The Bertz CT molecular complexity index is 725. The van der Waals surface area contributed by atoms with Gasteiger partial charge in [-0.1, -0.05) is 20.8 Å². The zero-order valence-corrected chi connectivity index (χ0v) is 15.9. The van der Waals surface area contributed by atoms with E-state index < -0.39 is 24.7 Å². The smallest absolute Gasteiger partial charge is 0.231 e. The molecule has 1 aromatic carbocycles. The summed E-state index contributed by atoms with van der Waals surface area (Å²) in [5.41, 5.74) is 0.984. The van der Waals surface area contributed by atoms with Gasteiger partial charge in [0.05, 0.1) is 17.7 Å². The van der Waals surface area contributed by atoms with Gasteiger partial charge in [0.15, 0.2) is 6.29 Å². The third kappa shape index (κ3) is 3.80. The maximum atomic E-state index is 12.3. The van der Waals surface area contributed by atoms with E-state index in [1.165, 1.54) is 0 Å². The molecule has 0 aromatic heterocycles. The van der Waals surface area contributed by atoms with Gasteiger partial charge >= 0.3 is 0 Å². The molecule has 3 rings (SSSR count). The highest BCUT2D eigenvalue weighted by Crippen LogP contribution is 2.44. The van der Waals surface area contributed by atoms with Crippen molar-refractivity contribution in [2.24, 2.45) is 5.41 Å². The van der Waals surface area contributed by atoms with E-state index in [0.717, 1.165) is 5.56 Å². The molecule has 26 heavy (non-hydrogen) atoms. The highest BCUT2D eigenvalue weighted by atomic mass is 35.5. The van der Waals surface area contributed by atoms with E-state index in [-0.39, 0.29) is 11.3 Å². The van der Waals surface area contributed by atoms with Crippen LogP contribution in [0.5, 0.6) is 5.75 Å². The number of hydrogen-bond donors (Lipinski definition) is 1. The second kappa shape index (κ2) is 7.43. The first kappa shape index (κ1) is 19.0. The SMILES string of the molecule is CC(C)(C)C1OC2Oc3ccc(C#N)cc3C(NC(=O)CCCCl)C2O1. The Morgan fingerprint density at radius 1 is 1.35 bits per heavy atom. The number of carbonyl (C=O) groups excluding carboxylic acids is 1. The Balaban J connectivity index is 1.91. The quantitative estimate of drug-likeness (QED) is 0.813. The largest absolute Gasteiger partial charge is 0.462 e. The van der Waals surface area contributed by atoms with Crippen LogP contribution in [-0.4, -0.2) is 30.5 Å². The third-order valence-corrected chi connectivity index (χ3v) is 4.68. The molecule has 0 aliphatic carbocycles. The van der Waals surface area contributed by atoms with Crippen LogP contribution in [0.25, 0.3) is 0 Å². The number of nitriles is 1. The van der Waals surface area contributed by atoms with E-state index in [2.05, 4.69) is 11.4 Å². The lowest BCUT2D eigenvalue weighted by molar-refractivity contribution is -0.153. The van der Waals surface area contributed by atoms with Gasteiger partial charge in [-0.2, -0.15) is 5.26 Å². The number of amides is 1. The van der Waals surface area contributed by atoms with Gasteiger partial charge in [0, 0.05) is 23.3 Å². The maximum Gasteiger partial charge on any atom is 0.231 e. The highest BCUT2D eigenvalue weighted by molar-refractivity contribution is 6.17. The van der Waals surface area contributed by atoms with Crippen LogP contribution >= 0.6 is 11.6 Å². The lowest BCUT2D eigenvalue weighted by Crippen LogP contribution is -2.46. The molecule has 0 bridgehead atoms. The predicted octanol–water partition coefficient (Wildman–Crippen LogP) is 3.24. The van der Waals surface area contributed by atoms with Crippen LogP contribution in [0.4, 0.5) is 0 Å². The number of alkyl halides is 1. The van der Waals surface area contributed by atoms with Crippen LogP contribution in [0.15, 0.2) is 18.2 Å². The number of fused-ring (bicyclic) bond motifs is 2. The van der Waals surface area contributed by atoms with Gasteiger partial charge in [-0.15, -0.1) is 11.6 Å². The fraction of sp³-hybridized carbons (Fsp3) is 0.579. The first-order chi connectivity index (χ1) is 12.3. The van der Waals surface area contributed by atoms with E-state index >= 15 is 0 Å². The Hall–Kier alpha value is -1.81. The van der Waals surface area contributed by atoms with Crippen LogP contribution in [0.2, 0.25) is 0 Å². The standard InChI is InChI=1S/C19H23ClN2O4/c1-19(2,3)18-25-16-15(22-14(23)5-4-8-20)12-9-11(10-21)6-7-13(12)24-17(16)26-18/h6-7,9,15-18H,4-5,8H2,1-3H3,(H,22,23). The van der Waals surface area contributed by atoms with E-state index in [1.54, 1.807) is 18.2 Å². The minimum Gasteiger partial charge on any atom is -0.462 e. The van der Waals surface area contributed by atoms with Gasteiger partial charge in [-0.05, 0) is 24.6 Å². The molecule has 0 spiro atoms. The van der Waals surface area contributed by atoms with Gasteiger partial charge in [0.1, 0.15) is 11.9 Å². The summed E-state index contributed by atoms with van der Waals surface area (Å²) in [4.78, 5) is 12.3. The van der Waals surface area contributed by atoms with Crippen LogP contribution < -0.4 is 10.1 Å². The normalized spacial score (nSPS) is 27.0. The number of hydrogen-bond acceptors (Lipinski definition) is 5.